The molecule has 55 heavy (non-hydrogen) atoms. The Kier molecular flexibility index (Phi) is 13.8. The summed E-state index contributed by atoms with van der Waals surface area (Å²) in [7, 11) is 1.54. The van der Waals surface area contributed by atoms with Crippen molar-refractivity contribution in [1.29, 1.82) is 5.26 Å². The van der Waals surface area contributed by atoms with Gasteiger partial charge in [0.1, 0.15) is 48.0 Å². The number of fused-ring (bicyclic) bond motifs is 17. The lowest BCUT2D eigenvalue weighted by molar-refractivity contribution is -0.140. The summed E-state index contributed by atoms with van der Waals surface area (Å²) in [4.78, 5) is 74.4. The molecule has 0 unspecified atom stereocenters. The number of hydrogen-bond donors (Lipinski definition) is 4. The van der Waals surface area contributed by atoms with E-state index < -0.39 is 41.8 Å². The molecular formula is C41H49N7O7. The topological polar surface area (TPSA) is 192 Å². The Labute approximate surface area is 321 Å². The molecule has 0 saturated heterocycles. The monoisotopic (exact) mass is 751 g/mol. The zero-order valence-corrected chi connectivity index (χ0v) is 31.7. The lowest BCUT2D eigenvalue weighted by atomic mass is 10.0. The van der Waals surface area contributed by atoms with E-state index in [1.165, 1.54) is 23.2 Å². The highest BCUT2D eigenvalue weighted by Crippen LogP contribution is 2.30. The van der Waals surface area contributed by atoms with Crippen LogP contribution in [0.5, 0.6) is 11.5 Å². The maximum atomic E-state index is 14.2. The Morgan fingerprint density at radius 2 is 1.73 bits per heavy atom. The third kappa shape index (κ3) is 12.0. The summed E-state index contributed by atoms with van der Waals surface area (Å²) in [6.07, 6.45) is 3.90. The molecule has 14 heteroatoms. The molecule has 3 heterocycles. The molecule has 290 valence electrons. The third-order valence-electron chi connectivity index (χ3n) is 9.48. The zero-order chi connectivity index (χ0) is 39.5. The van der Waals surface area contributed by atoms with E-state index in [9.17, 15) is 24.0 Å². The Hall–Kier alpha value is -5.97. The van der Waals surface area contributed by atoms with Gasteiger partial charge >= 0.3 is 0 Å². The SMILES string of the molecule is COc1ccc(C[C@@H]2NC(=O)[C@@H](NC(=O)c3ccc(C#N)nc3)Cc3ccc(cc3)OC[C@H](CC(C)C)NC(=O)CN(CC3CC3)C(=O)[C@@H](C)NC2=O)cc1. The number of pyridine rings is 1. The van der Waals surface area contributed by atoms with Crippen LogP contribution in [0.25, 0.3) is 0 Å². The van der Waals surface area contributed by atoms with Gasteiger partial charge in [-0.05, 0) is 85.5 Å². The molecule has 6 rings (SSSR count). The summed E-state index contributed by atoms with van der Waals surface area (Å²) in [6.45, 7) is 6.06. The van der Waals surface area contributed by atoms with Gasteiger partial charge in [0.2, 0.25) is 23.6 Å². The van der Waals surface area contributed by atoms with Crippen molar-refractivity contribution in [1.82, 2.24) is 31.2 Å². The first-order chi connectivity index (χ1) is 26.4. The molecule has 3 aliphatic rings. The van der Waals surface area contributed by atoms with Crippen molar-refractivity contribution in [2.75, 3.05) is 26.8 Å². The van der Waals surface area contributed by atoms with Gasteiger partial charge in [0.05, 0.1) is 25.3 Å². The van der Waals surface area contributed by atoms with Gasteiger partial charge in [-0.3, -0.25) is 24.0 Å². The average Bonchev–Trinajstić information content (AvgIpc) is 4.00. The van der Waals surface area contributed by atoms with E-state index in [2.05, 4.69) is 40.1 Å². The van der Waals surface area contributed by atoms with Crippen molar-refractivity contribution >= 4 is 29.5 Å². The van der Waals surface area contributed by atoms with Gasteiger partial charge in [-0.15, -0.1) is 0 Å². The molecule has 3 aromatic rings. The largest absolute Gasteiger partial charge is 0.497 e. The molecule has 4 atom stereocenters. The van der Waals surface area contributed by atoms with Crippen LogP contribution in [0.4, 0.5) is 0 Å². The van der Waals surface area contributed by atoms with E-state index in [0.717, 1.165) is 12.8 Å². The summed E-state index contributed by atoms with van der Waals surface area (Å²) in [5, 5.41) is 20.6. The third-order valence-corrected chi connectivity index (χ3v) is 9.48. The van der Waals surface area contributed by atoms with E-state index in [1.54, 1.807) is 62.6 Å². The summed E-state index contributed by atoms with van der Waals surface area (Å²) >= 11 is 0. The fourth-order valence-electron chi connectivity index (χ4n) is 6.36. The first-order valence-corrected chi connectivity index (χ1v) is 18.6. The van der Waals surface area contributed by atoms with Crippen molar-refractivity contribution in [2.24, 2.45) is 11.8 Å². The number of hydrogen-bond acceptors (Lipinski definition) is 9. The number of aromatic nitrogens is 1. The number of amides is 5. The highest BCUT2D eigenvalue weighted by molar-refractivity contribution is 5.99. The zero-order valence-electron chi connectivity index (χ0n) is 31.7. The number of carbonyl (C=O) groups excluding carboxylic acids is 5. The number of nitrogens with one attached hydrogen (secondary N) is 4. The van der Waals surface area contributed by atoms with E-state index in [1.807, 2.05) is 6.07 Å². The van der Waals surface area contributed by atoms with E-state index in [0.29, 0.717) is 35.6 Å². The molecule has 1 fully saturated rings. The van der Waals surface area contributed by atoms with E-state index in [4.69, 9.17) is 14.7 Å². The van der Waals surface area contributed by atoms with Crippen LogP contribution in [0, 0.1) is 23.2 Å². The molecule has 4 N–H and O–H groups in total. The highest BCUT2D eigenvalue weighted by atomic mass is 16.5. The number of rotatable bonds is 9. The van der Waals surface area contributed by atoms with E-state index in [-0.39, 0.29) is 61.0 Å². The van der Waals surface area contributed by atoms with Gasteiger partial charge in [-0.1, -0.05) is 38.1 Å². The molecule has 0 radical (unpaired) electrons. The number of nitrogens with zero attached hydrogens (tertiary/aromatic N) is 3. The second-order valence-electron chi connectivity index (χ2n) is 14.6. The smallest absolute Gasteiger partial charge is 0.253 e. The summed E-state index contributed by atoms with van der Waals surface area (Å²) in [5.41, 5.74) is 1.67. The van der Waals surface area contributed by atoms with Crippen LogP contribution in [-0.4, -0.2) is 90.4 Å². The molecule has 0 spiro atoms. The summed E-state index contributed by atoms with van der Waals surface area (Å²) in [5.74, 6) is -0.905. The molecule has 14 nitrogen and oxygen atoms in total. The lowest BCUT2D eigenvalue weighted by Crippen LogP contribution is -2.58. The molecule has 1 aromatic heterocycles. The second kappa shape index (κ2) is 18.9. The molecule has 1 aliphatic carbocycles. The maximum Gasteiger partial charge on any atom is 0.253 e. The number of benzene rings is 2. The molecule has 2 bridgehead atoms. The van der Waals surface area contributed by atoms with Crippen LogP contribution in [0.1, 0.15) is 67.2 Å². The number of nitriles is 1. The highest BCUT2D eigenvalue weighted by Gasteiger charge is 2.34. The van der Waals surface area contributed by atoms with Gasteiger partial charge in [0.15, 0.2) is 0 Å². The Bertz CT molecular complexity index is 1860. The quantitative estimate of drug-likeness (QED) is 0.238. The molecule has 5 amide bonds. The van der Waals surface area contributed by atoms with Gasteiger partial charge in [-0.2, -0.15) is 5.26 Å². The first kappa shape index (κ1) is 40.2. The van der Waals surface area contributed by atoms with Crippen LogP contribution in [-0.2, 0) is 32.0 Å². The minimum atomic E-state index is -1.16. The predicted molar refractivity (Wildman–Crippen MR) is 203 cm³/mol. The Morgan fingerprint density at radius 3 is 2.35 bits per heavy atom. The number of methoxy groups -OCH3 is 1. The number of ether oxygens (including phenoxy) is 2. The standard InChI is InChI=1S/C41H49N7O7/c1-25(2)17-32-24-55-34-15-9-28(10-16-34)19-36(46-38(50)30-11-12-31(20-42)43-21-30)40(52)47-35(18-27-7-13-33(54-4)14-8-27)39(51)44-26(3)41(53)48(22-29-5-6-29)23-37(49)45-32/h7-16,21,25-26,29,32,35-36H,5-6,17-19,22-24H2,1-4H3,(H,44,51)(H,45,49)(H,46,50)(H,47,52)/t26-,32+,35+,36+/m1/s1. The normalized spacial score (nSPS) is 21.4. The van der Waals surface area contributed by atoms with Gasteiger partial charge in [0, 0.05) is 25.6 Å². The van der Waals surface area contributed by atoms with Gasteiger partial charge < -0.3 is 35.6 Å². The van der Waals surface area contributed by atoms with Crippen molar-refractivity contribution < 1.29 is 33.4 Å². The predicted octanol–water partition coefficient (Wildman–Crippen LogP) is 2.70. The first-order valence-electron chi connectivity index (χ1n) is 18.6. The van der Waals surface area contributed by atoms with Crippen LogP contribution in [0.2, 0.25) is 0 Å². The maximum absolute atomic E-state index is 14.2. The van der Waals surface area contributed by atoms with Gasteiger partial charge in [0.25, 0.3) is 5.91 Å². The van der Waals surface area contributed by atoms with Crippen LogP contribution in [0.3, 0.4) is 0 Å². The van der Waals surface area contributed by atoms with Crippen molar-refractivity contribution in [3.8, 4) is 17.6 Å². The minimum Gasteiger partial charge on any atom is -0.497 e. The average molecular weight is 752 g/mol. The fourth-order valence-corrected chi connectivity index (χ4v) is 6.36. The van der Waals surface area contributed by atoms with Crippen LogP contribution < -0.4 is 30.7 Å². The second-order valence-corrected chi connectivity index (χ2v) is 14.6. The minimum absolute atomic E-state index is 0.0511. The molecule has 2 aliphatic heterocycles. The number of carbonyl (C=O) groups is 5. The van der Waals surface area contributed by atoms with Gasteiger partial charge in [-0.25, -0.2) is 4.98 Å². The molecule has 1 saturated carbocycles. The summed E-state index contributed by atoms with van der Waals surface area (Å²) < 4.78 is 11.4. The van der Waals surface area contributed by atoms with Crippen molar-refractivity contribution in [3.63, 3.8) is 0 Å². The van der Waals surface area contributed by atoms with Crippen molar-refractivity contribution in [2.45, 2.75) is 77.0 Å². The fraction of sp³-hybridized carbons (Fsp3) is 0.439. The lowest BCUT2D eigenvalue weighted by Gasteiger charge is -2.29. The Balaban J connectivity index is 1.48. The molecular weight excluding hydrogens is 702 g/mol. The molecule has 2 aromatic carbocycles. The Morgan fingerprint density at radius 1 is 1.00 bits per heavy atom. The van der Waals surface area contributed by atoms with Crippen molar-refractivity contribution in [3.05, 3.63) is 89.2 Å². The van der Waals surface area contributed by atoms with Crippen LogP contribution in [0.15, 0.2) is 66.9 Å². The van der Waals surface area contributed by atoms with Crippen LogP contribution >= 0.6 is 0 Å². The summed E-state index contributed by atoms with van der Waals surface area (Å²) in [6, 6.07) is 15.2. The van der Waals surface area contributed by atoms with E-state index >= 15 is 0 Å².